The number of aromatic nitrogens is 5. The van der Waals surface area contributed by atoms with E-state index in [1.165, 1.54) is 0 Å². The van der Waals surface area contributed by atoms with Crippen molar-refractivity contribution in [2.75, 3.05) is 13.1 Å². The minimum absolute atomic E-state index is 0.268. The molecule has 154 valence electrons. The number of aliphatic imine (C=N–C) groups is 1. The van der Waals surface area contributed by atoms with Crippen LogP contribution in [0.1, 0.15) is 76.2 Å². The Morgan fingerprint density at radius 3 is 2.68 bits per heavy atom. The van der Waals surface area contributed by atoms with E-state index in [9.17, 15) is 0 Å². The number of fused-ring (bicyclic) bond motifs is 1. The van der Waals surface area contributed by atoms with Gasteiger partial charge in [-0.05, 0) is 13.3 Å². The van der Waals surface area contributed by atoms with Crippen LogP contribution < -0.4 is 10.6 Å². The molecule has 0 amide bonds. The largest absolute Gasteiger partial charge is 0.357 e. The third-order valence-electron chi connectivity index (χ3n) is 4.67. The van der Waals surface area contributed by atoms with E-state index in [-0.39, 0.29) is 12.0 Å². The van der Waals surface area contributed by atoms with Gasteiger partial charge in [0.05, 0.1) is 13.1 Å². The molecule has 0 aliphatic carbocycles. The summed E-state index contributed by atoms with van der Waals surface area (Å²) < 4.78 is 7.32. The Balaban J connectivity index is 1.56. The van der Waals surface area contributed by atoms with Gasteiger partial charge >= 0.3 is 0 Å². The highest BCUT2D eigenvalue weighted by Crippen LogP contribution is 2.17. The van der Waals surface area contributed by atoms with Gasteiger partial charge in [0.25, 0.3) is 0 Å². The van der Waals surface area contributed by atoms with Crippen molar-refractivity contribution in [3.63, 3.8) is 0 Å². The molecule has 1 unspecified atom stereocenters. The number of rotatable bonds is 7. The zero-order valence-electron chi connectivity index (χ0n) is 17.6. The average molecular weight is 389 g/mol. The Kier molecular flexibility index (Phi) is 6.64. The van der Waals surface area contributed by atoms with E-state index >= 15 is 0 Å². The summed E-state index contributed by atoms with van der Waals surface area (Å²) in [5.74, 6) is 4.82. The Bertz CT molecular complexity index is 792. The van der Waals surface area contributed by atoms with Gasteiger partial charge in [-0.25, -0.2) is 9.67 Å². The maximum absolute atomic E-state index is 5.29. The van der Waals surface area contributed by atoms with Crippen LogP contribution in [0.2, 0.25) is 0 Å². The number of nitrogens with zero attached hydrogens (tertiary/aromatic N) is 6. The van der Waals surface area contributed by atoms with Crippen LogP contribution in [-0.2, 0) is 19.4 Å². The number of guanidine groups is 1. The van der Waals surface area contributed by atoms with Crippen molar-refractivity contribution in [2.45, 2.75) is 78.3 Å². The van der Waals surface area contributed by atoms with E-state index in [0.29, 0.717) is 24.8 Å². The van der Waals surface area contributed by atoms with Crippen LogP contribution in [0, 0.1) is 0 Å². The fourth-order valence-electron chi connectivity index (χ4n) is 3.07. The van der Waals surface area contributed by atoms with Crippen LogP contribution in [0.25, 0.3) is 0 Å². The highest BCUT2D eigenvalue weighted by Gasteiger charge is 2.23. The van der Waals surface area contributed by atoms with Crippen molar-refractivity contribution in [3.05, 3.63) is 23.4 Å². The molecule has 0 spiro atoms. The molecule has 1 aliphatic heterocycles. The van der Waals surface area contributed by atoms with Crippen LogP contribution in [0.3, 0.4) is 0 Å². The third-order valence-corrected chi connectivity index (χ3v) is 4.67. The first-order valence-corrected chi connectivity index (χ1v) is 10.3. The van der Waals surface area contributed by atoms with Gasteiger partial charge in [-0.3, -0.25) is 4.99 Å². The predicted octanol–water partition coefficient (Wildman–Crippen LogP) is 2.02. The topological polar surface area (TPSA) is 106 Å². The Hall–Kier alpha value is -2.45. The van der Waals surface area contributed by atoms with Crippen molar-refractivity contribution < 1.29 is 4.52 Å². The molecule has 0 saturated carbocycles. The molecular weight excluding hydrogens is 356 g/mol. The normalized spacial score (nSPS) is 17.2. The van der Waals surface area contributed by atoms with Crippen molar-refractivity contribution >= 4 is 5.96 Å². The lowest BCUT2D eigenvalue weighted by molar-refractivity contribution is 0.372. The smallest absolute Gasteiger partial charge is 0.228 e. The lowest BCUT2D eigenvalue weighted by atomic mass is 10.1. The number of nitrogens with one attached hydrogen (secondary N) is 2. The van der Waals surface area contributed by atoms with E-state index < -0.39 is 0 Å². The first-order chi connectivity index (χ1) is 13.5. The van der Waals surface area contributed by atoms with Crippen LogP contribution in [0.4, 0.5) is 0 Å². The molecule has 2 N–H and O–H groups in total. The van der Waals surface area contributed by atoms with E-state index in [1.54, 1.807) is 0 Å². The Morgan fingerprint density at radius 2 is 2.00 bits per heavy atom. The monoisotopic (exact) mass is 388 g/mol. The molecule has 9 nitrogen and oxygen atoms in total. The van der Waals surface area contributed by atoms with E-state index in [1.807, 2.05) is 4.68 Å². The van der Waals surface area contributed by atoms with Crippen molar-refractivity contribution in [2.24, 2.45) is 4.99 Å². The third kappa shape index (κ3) is 5.08. The van der Waals surface area contributed by atoms with Crippen LogP contribution in [0.15, 0.2) is 9.52 Å². The zero-order valence-corrected chi connectivity index (χ0v) is 17.6. The van der Waals surface area contributed by atoms with Gasteiger partial charge in [0, 0.05) is 37.3 Å². The van der Waals surface area contributed by atoms with Crippen molar-refractivity contribution in [1.29, 1.82) is 0 Å². The zero-order chi connectivity index (χ0) is 20.1. The molecule has 2 aromatic rings. The molecular formula is C19H32N8O. The summed E-state index contributed by atoms with van der Waals surface area (Å²) in [7, 11) is 0. The molecule has 2 aromatic heterocycles. The van der Waals surface area contributed by atoms with Gasteiger partial charge in [-0.15, -0.1) is 0 Å². The molecule has 9 heteroatoms. The fourth-order valence-corrected chi connectivity index (χ4v) is 3.07. The summed E-state index contributed by atoms with van der Waals surface area (Å²) in [6.45, 7) is 12.6. The van der Waals surface area contributed by atoms with Crippen LogP contribution in [-0.4, -0.2) is 50.0 Å². The number of aryl methyl sites for hydroxylation is 1. The van der Waals surface area contributed by atoms with Crippen LogP contribution in [0.5, 0.6) is 0 Å². The predicted molar refractivity (Wildman–Crippen MR) is 107 cm³/mol. The molecule has 0 aromatic carbocycles. The van der Waals surface area contributed by atoms with Gasteiger partial charge < -0.3 is 15.2 Å². The van der Waals surface area contributed by atoms with E-state index in [0.717, 1.165) is 49.4 Å². The van der Waals surface area contributed by atoms with Gasteiger partial charge in [0.2, 0.25) is 5.89 Å². The SMILES string of the molecule is CCNC(=NCCc1nc(C(C)C)no1)NC1CCc2nc(C(C)C)nn2C1. The van der Waals surface area contributed by atoms with E-state index in [4.69, 9.17) is 4.52 Å². The second-order valence-corrected chi connectivity index (χ2v) is 7.81. The van der Waals surface area contributed by atoms with Gasteiger partial charge in [0.1, 0.15) is 5.82 Å². The minimum atomic E-state index is 0.268. The molecule has 1 aliphatic rings. The second-order valence-electron chi connectivity index (χ2n) is 7.81. The van der Waals surface area contributed by atoms with Gasteiger partial charge in [0.15, 0.2) is 17.6 Å². The van der Waals surface area contributed by atoms with E-state index in [2.05, 4.69) is 70.5 Å². The molecule has 0 saturated heterocycles. The molecule has 28 heavy (non-hydrogen) atoms. The van der Waals surface area contributed by atoms with Gasteiger partial charge in [-0.1, -0.05) is 32.9 Å². The first-order valence-electron chi connectivity index (χ1n) is 10.3. The lowest BCUT2D eigenvalue weighted by Crippen LogP contribution is -2.47. The molecule has 0 bridgehead atoms. The maximum Gasteiger partial charge on any atom is 0.228 e. The summed E-state index contributed by atoms with van der Waals surface area (Å²) in [6, 6.07) is 0.281. The first kappa shape index (κ1) is 20.3. The van der Waals surface area contributed by atoms with Crippen LogP contribution >= 0.6 is 0 Å². The number of hydrogen-bond acceptors (Lipinski definition) is 6. The summed E-state index contributed by atoms with van der Waals surface area (Å²) in [6.07, 6.45) is 2.57. The highest BCUT2D eigenvalue weighted by molar-refractivity contribution is 5.80. The molecule has 1 atom stereocenters. The highest BCUT2D eigenvalue weighted by atomic mass is 16.5. The quantitative estimate of drug-likeness (QED) is 0.552. The summed E-state index contributed by atoms with van der Waals surface area (Å²) in [5.41, 5.74) is 0. The maximum atomic E-state index is 5.29. The second kappa shape index (κ2) is 9.16. The summed E-state index contributed by atoms with van der Waals surface area (Å²) in [4.78, 5) is 13.7. The molecule has 3 heterocycles. The number of hydrogen-bond donors (Lipinski definition) is 2. The minimum Gasteiger partial charge on any atom is -0.357 e. The Morgan fingerprint density at radius 1 is 1.21 bits per heavy atom. The van der Waals surface area contributed by atoms with Crippen molar-refractivity contribution in [1.82, 2.24) is 35.5 Å². The standard InChI is InChI=1S/C19H32N8O/c1-6-20-19(21-10-9-16-24-18(13(4)5)26-28-16)22-14-7-8-15-23-17(12(2)3)25-27(15)11-14/h12-14H,6-11H2,1-5H3,(H2,20,21,22). The molecule has 3 rings (SSSR count). The lowest BCUT2D eigenvalue weighted by Gasteiger charge is -2.25. The average Bonchev–Trinajstić information content (AvgIpc) is 3.28. The van der Waals surface area contributed by atoms with Crippen molar-refractivity contribution in [3.8, 4) is 0 Å². The summed E-state index contributed by atoms with van der Waals surface area (Å²) >= 11 is 0. The fraction of sp³-hybridized carbons (Fsp3) is 0.737. The van der Waals surface area contributed by atoms with Gasteiger partial charge in [-0.2, -0.15) is 10.1 Å². The molecule has 0 fully saturated rings. The molecule has 0 radical (unpaired) electrons. The summed E-state index contributed by atoms with van der Waals surface area (Å²) in [5, 5.41) is 15.5. The Labute approximate surface area is 166 Å².